The van der Waals surface area contributed by atoms with Crippen LogP contribution in [0.25, 0.3) is 0 Å². The monoisotopic (exact) mass is 260 g/mol. The minimum Gasteiger partial charge on any atom is -0.383 e. The molecule has 1 atom stereocenters. The molecule has 0 aliphatic carbocycles. The molecule has 1 heterocycles. The maximum Gasteiger partial charge on any atom is 0.128 e. The molecule has 2 rings (SSSR count). The molecule has 1 aromatic heterocycles. The number of pyridine rings is 1. The summed E-state index contributed by atoms with van der Waals surface area (Å²) in [5.74, 6) is 5.59. The minimum absolute atomic E-state index is 0.325. The summed E-state index contributed by atoms with van der Waals surface area (Å²) in [6.45, 7) is 3.80. The zero-order chi connectivity index (χ0) is 14.0. The zero-order valence-electron chi connectivity index (χ0n) is 10.9. The number of nitrogens with two attached hydrogens (primary N) is 2. The van der Waals surface area contributed by atoms with Gasteiger partial charge in [-0.1, -0.05) is 17.7 Å². The molecule has 0 amide bonds. The number of benzene rings is 1. The fourth-order valence-corrected chi connectivity index (χ4v) is 2.07. The van der Waals surface area contributed by atoms with E-state index >= 15 is 0 Å². The van der Waals surface area contributed by atoms with Gasteiger partial charge in [-0.05, 0) is 31.5 Å². The van der Waals surface area contributed by atoms with Crippen molar-refractivity contribution < 1.29 is 4.39 Å². The number of nitrogen functional groups attached to an aromatic ring is 1. The van der Waals surface area contributed by atoms with Crippen LogP contribution in [0.5, 0.6) is 0 Å². The van der Waals surface area contributed by atoms with Gasteiger partial charge in [-0.2, -0.15) is 0 Å². The lowest BCUT2D eigenvalue weighted by Crippen LogP contribution is -2.30. The Morgan fingerprint density at radius 1 is 1.16 bits per heavy atom. The highest BCUT2D eigenvalue weighted by Gasteiger charge is 2.19. The molecule has 2 aromatic rings. The molecule has 0 spiro atoms. The zero-order valence-corrected chi connectivity index (χ0v) is 10.9. The second kappa shape index (κ2) is 5.34. The van der Waals surface area contributed by atoms with Crippen molar-refractivity contribution in [2.45, 2.75) is 19.9 Å². The highest BCUT2D eigenvalue weighted by Crippen LogP contribution is 2.28. The third-order valence-corrected chi connectivity index (χ3v) is 3.03. The van der Waals surface area contributed by atoms with E-state index < -0.39 is 6.04 Å². The molecule has 1 unspecified atom stereocenters. The van der Waals surface area contributed by atoms with Crippen molar-refractivity contribution >= 4 is 5.82 Å². The number of nitrogens with zero attached hydrogens (tertiary/aromatic N) is 1. The molecule has 1 aromatic carbocycles. The normalized spacial score (nSPS) is 12.4. The van der Waals surface area contributed by atoms with E-state index in [2.05, 4.69) is 10.4 Å². The van der Waals surface area contributed by atoms with Crippen molar-refractivity contribution in [2.75, 3.05) is 5.73 Å². The second-order valence-corrected chi connectivity index (χ2v) is 4.61. The molecule has 19 heavy (non-hydrogen) atoms. The SMILES string of the molecule is Cc1ccc(F)c(C(NN)c2cc(C)cnc2N)c1. The van der Waals surface area contributed by atoms with Gasteiger partial charge in [0.15, 0.2) is 0 Å². The van der Waals surface area contributed by atoms with Crippen LogP contribution in [0, 0.1) is 19.7 Å². The van der Waals surface area contributed by atoms with E-state index in [1.807, 2.05) is 19.9 Å². The first kappa shape index (κ1) is 13.5. The Morgan fingerprint density at radius 2 is 1.84 bits per heavy atom. The van der Waals surface area contributed by atoms with Gasteiger partial charge in [0.25, 0.3) is 0 Å². The number of halogens is 1. The smallest absolute Gasteiger partial charge is 0.128 e. The summed E-state index contributed by atoms with van der Waals surface area (Å²) in [7, 11) is 0. The molecule has 0 aliphatic heterocycles. The lowest BCUT2D eigenvalue weighted by Gasteiger charge is -2.19. The van der Waals surface area contributed by atoms with Crippen molar-refractivity contribution in [2.24, 2.45) is 5.84 Å². The molecule has 0 saturated carbocycles. The van der Waals surface area contributed by atoms with E-state index in [9.17, 15) is 4.39 Å². The second-order valence-electron chi connectivity index (χ2n) is 4.61. The third-order valence-electron chi connectivity index (χ3n) is 3.03. The Morgan fingerprint density at radius 3 is 2.53 bits per heavy atom. The number of anilines is 1. The van der Waals surface area contributed by atoms with Crippen molar-refractivity contribution in [1.82, 2.24) is 10.4 Å². The number of hydrogen-bond acceptors (Lipinski definition) is 4. The maximum absolute atomic E-state index is 14.0. The van der Waals surface area contributed by atoms with Crippen LogP contribution in [0.4, 0.5) is 10.2 Å². The molecule has 4 nitrogen and oxygen atoms in total. The predicted molar refractivity (Wildman–Crippen MR) is 73.7 cm³/mol. The number of hydrogen-bond donors (Lipinski definition) is 3. The lowest BCUT2D eigenvalue weighted by atomic mass is 9.97. The summed E-state index contributed by atoms with van der Waals surface area (Å²) in [6.07, 6.45) is 1.67. The standard InChI is InChI=1S/C14H17FN4/c1-8-3-4-12(15)10(5-8)13(19-17)11-6-9(2)7-18-14(11)16/h3-7,13,19H,17H2,1-2H3,(H2,16,18). The van der Waals surface area contributed by atoms with Crippen LogP contribution in [0.2, 0.25) is 0 Å². The van der Waals surface area contributed by atoms with E-state index in [4.69, 9.17) is 11.6 Å². The van der Waals surface area contributed by atoms with Gasteiger partial charge < -0.3 is 5.73 Å². The summed E-state index contributed by atoms with van der Waals surface area (Å²) < 4.78 is 14.0. The van der Waals surface area contributed by atoms with Crippen molar-refractivity contribution in [3.8, 4) is 0 Å². The number of hydrazine groups is 1. The van der Waals surface area contributed by atoms with Crippen LogP contribution in [0.3, 0.4) is 0 Å². The summed E-state index contributed by atoms with van der Waals surface area (Å²) in [5, 5.41) is 0. The largest absolute Gasteiger partial charge is 0.383 e. The molecule has 0 bridgehead atoms. The lowest BCUT2D eigenvalue weighted by molar-refractivity contribution is 0.559. The van der Waals surface area contributed by atoms with Gasteiger partial charge in [-0.15, -0.1) is 0 Å². The van der Waals surface area contributed by atoms with Gasteiger partial charge in [-0.3, -0.25) is 5.84 Å². The van der Waals surface area contributed by atoms with Gasteiger partial charge in [0.2, 0.25) is 0 Å². The third kappa shape index (κ3) is 2.72. The maximum atomic E-state index is 14.0. The predicted octanol–water partition coefficient (Wildman–Crippen LogP) is 1.97. The fourth-order valence-electron chi connectivity index (χ4n) is 2.07. The Bertz CT molecular complexity index is 546. The molecule has 0 aliphatic rings. The summed E-state index contributed by atoms with van der Waals surface area (Å²) in [5.41, 5.74) is 11.5. The average Bonchev–Trinajstić information content (AvgIpc) is 2.38. The van der Waals surface area contributed by atoms with E-state index in [0.717, 1.165) is 11.1 Å². The number of rotatable bonds is 3. The molecule has 100 valence electrons. The van der Waals surface area contributed by atoms with Crippen LogP contribution in [0.15, 0.2) is 30.5 Å². The summed E-state index contributed by atoms with van der Waals surface area (Å²) in [6, 6.07) is 6.22. The van der Waals surface area contributed by atoms with E-state index in [-0.39, 0.29) is 5.82 Å². The van der Waals surface area contributed by atoms with Gasteiger partial charge in [0, 0.05) is 17.3 Å². The van der Waals surface area contributed by atoms with Crippen molar-refractivity contribution in [3.05, 3.63) is 58.5 Å². The molecular weight excluding hydrogens is 243 g/mol. The number of aryl methyl sites for hydroxylation is 2. The Kier molecular flexibility index (Phi) is 3.78. The Labute approximate surface area is 111 Å². The fraction of sp³-hybridized carbons (Fsp3) is 0.214. The van der Waals surface area contributed by atoms with Gasteiger partial charge in [-0.25, -0.2) is 14.8 Å². The van der Waals surface area contributed by atoms with Crippen molar-refractivity contribution in [3.63, 3.8) is 0 Å². The minimum atomic E-state index is -0.521. The first-order valence-corrected chi connectivity index (χ1v) is 5.97. The number of aromatic nitrogens is 1. The number of nitrogens with one attached hydrogen (secondary N) is 1. The van der Waals surface area contributed by atoms with Crippen LogP contribution >= 0.6 is 0 Å². The molecule has 0 fully saturated rings. The van der Waals surface area contributed by atoms with E-state index in [0.29, 0.717) is 16.9 Å². The van der Waals surface area contributed by atoms with Gasteiger partial charge >= 0.3 is 0 Å². The highest BCUT2D eigenvalue weighted by molar-refractivity contribution is 5.47. The average molecular weight is 260 g/mol. The molecule has 0 radical (unpaired) electrons. The highest BCUT2D eigenvalue weighted by atomic mass is 19.1. The Balaban J connectivity index is 2.55. The van der Waals surface area contributed by atoms with Crippen molar-refractivity contribution in [1.29, 1.82) is 0 Å². The molecule has 5 N–H and O–H groups in total. The van der Waals surface area contributed by atoms with Crippen LogP contribution in [-0.2, 0) is 0 Å². The van der Waals surface area contributed by atoms with E-state index in [1.165, 1.54) is 6.07 Å². The molecular formula is C14H17FN4. The van der Waals surface area contributed by atoms with E-state index in [1.54, 1.807) is 18.3 Å². The summed E-state index contributed by atoms with van der Waals surface area (Å²) >= 11 is 0. The summed E-state index contributed by atoms with van der Waals surface area (Å²) in [4.78, 5) is 4.08. The topological polar surface area (TPSA) is 77.0 Å². The van der Waals surface area contributed by atoms with Crippen LogP contribution in [-0.4, -0.2) is 4.98 Å². The molecule has 0 saturated heterocycles. The Hall–Kier alpha value is -1.98. The quantitative estimate of drug-likeness (QED) is 0.582. The van der Waals surface area contributed by atoms with Crippen LogP contribution < -0.4 is 17.0 Å². The molecule has 5 heteroatoms. The first-order valence-electron chi connectivity index (χ1n) is 5.97. The van der Waals surface area contributed by atoms with Gasteiger partial charge in [0.05, 0.1) is 6.04 Å². The first-order chi connectivity index (χ1) is 9.02. The van der Waals surface area contributed by atoms with Gasteiger partial charge in [0.1, 0.15) is 11.6 Å². The van der Waals surface area contributed by atoms with Crippen LogP contribution in [0.1, 0.15) is 28.3 Å².